The van der Waals surface area contributed by atoms with Crippen LogP contribution in [0.25, 0.3) is 0 Å². The number of rotatable bonds is 56. The molecule has 0 heterocycles. The van der Waals surface area contributed by atoms with Crippen LogP contribution in [0.5, 0.6) is 0 Å². The molecule has 2 atom stereocenters. The van der Waals surface area contributed by atoms with Crippen LogP contribution in [0.4, 0.5) is 0 Å². The Balaban J connectivity index is 3.34. The Morgan fingerprint density at radius 2 is 0.697 bits per heavy atom. The fourth-order valence-electron chi connectivity index (χ4n) is 9.46. The Bertz CT molecular complexity index is 986. The molecule has 66 heavy (non-hydrogen) atoms. The molecule has 0 spiro atoms. The molecule has 0 saturated carbocycles. The van der Waals surface area contributed by atoms with Crippen molar-refractivity contribution in [1.29, 1.82) is 0 Å². The van der Waals surface area contributed by atoms with Gasteiger partial charge in [0, 0.05) is 12.8 Å². The zero-order valence-corrected chi connectivity index (χ0v) is 44.7. The Kier molecular flexibility index (Phi) is 55.0. The first-order chi connectivity index (χ1) is 32.5. The highest BCUT2D eigenvalue weighted by Crippen LogP contribution is 2.18. The van der Waals surface area contributed by atoms with Crippen LogP contribution in [0.15, 0.2) is 12.2 Å². The van der Waals surface area contributed by atoms with Gasteiger partial charge in [0.15, 0.2) is 0 Å². The summed E-state index contributed by atoms with van der Waals surface area (Å²) in [6.45, 7) is 4.91. The first-order valence-corrected chi connectivity index (χ1v) is 30.0. The number of nitrogens with one attached hydrogen (secondary N) is 1. The number of amides is 1. The number of esters is 1. The van der Waals surface area contributed by atoms with Gasteiger partial charge in [0.2, 0.25) is 5.91 Å². The highest BCUT2D eigenvalue weighted by Gasteiger charge is 2.18. The van der Waals surface area contributed by atoms with Crippen LogP contribution in [0.2, 0.25) is 0 Å². The minimum absolute atomic E-state index is 0.0178. The number of hydrogen-bond acceptors (Lipinski definition) is 5. The second-order valence-electron chi connectivity index (χ2n) is 20.7. The van der Waals surface area contributed by atoms with Gasteiger partial charge in [-0.2, -0.15) is 0 Å². The minimum atomic E-state index is -0.840. The standard InChI is InChI=1S/C60H117NO5/c1-3-5-7-9-11-13-15-34-38-42-46-50-54-60(65)66-55-51-47-43-39-35-31-29-27-25-23-21-19-17-16-18-20-22-24-26-28-30-33-37-41-45-49-53-59(64)61-57(56-62)58(63)52-48-44-40-36-32-14-12-10-8-6-4-2/h48,52,57-58,62-63H,3-47,49-51,53-56H2,1-2H3,(H,61,64)/b52-48+. The smallest absolute Gasteiger partial charge is 0.305 e. The van der Waals surface area contributed by atoms with Crippen molar-refractivity contribution in [3.05, 3.63) is 12.2 Å². The Hall–Kier alpha value is -1.40. The molecule has 0 bridgehead atoms. The van der Waals surface area contributed by atoms with E-state index in [0.29, 0.717) is 19.4 Å². The zero-order valence-electron chi connectivity index (χ0n) is 44.7. The molecular formula is C60H117NO5. The SMILES string of the molecule is CCCCCCCCCCC/C=C/C(O)C(CO)NC(=O)CCCCCCCCCCCCCCCCCCCCCCCCCCCCOC(=O)CCCCCCCCCCCCCC. The molecule has 0 rings (SSSR count). The first-order valence-electron chi connectivity index (χ1n) is 30.0. The molecule has 0 aliphatic carbocycles. The lowest BCUT2D eigenvalue weighted by Crippen LogP contribution is -2.45. The molecular weight excluding hydrogens is 815 g/mol. The minimum Gasteiger partial charge on any atom is -0.466 e. The van der Waals surface area contributed by atoms with Crippen LogP contribution in [0.3, 0.4) is 0 Å². The third kappa shape index (κ3) is 52.0. The van der Waals surface area contributed by atoms with Crippen molar-refractivity contribution in [3.8, 4) is 0 Å². The molecule has 6 heteroatoms. The Morgan fingerprint density at radius 1 is 0.409 bits per heavy atom. The molecule has 392 valence electrons. The van der Waals surface area contributed by atoms with E-state index in [1.165, 1.54) is 270 Å². The maximum Gasteiger partial charge on any atom is 0.305 e. The number of carbonyl (C=O) groups excluding carboxylic acids is 2. The van der Waals surface area contributed by atoms with Gasteiger partial charge >= 0.3 is 5.97 Å². The number of carbonyl (C=O) groups is 2. The topological polar surface area (TPSA) is 95.9 Å². The molecule has 6 nitrogen and oxygen atoms in total. The van der Waals surface area contributed by atoms with Gasteiger partial charge in [-0.15, -0.1) is 0 Å². The van der Waals surface area contributed by atoms with Gasteiger partial charge in [0.25, 0.3) is 0 Å². The monoisotopic (exact) mass is 932 g/mol. The number of aliphatic hydroxyl groups is 2. The van der Waals surface area contributed by atoms with E-state index in [2.05, 4.69) is 19.2 Å². The summed E-state index contributed by atoms with van der Waals surface area (Å²) in [4.78, 5) is 24.4. The molecule has 0 radical (unpaired) electrons. The normalized spacial score (nSPS) is 12.6. The van der Waals surface area contributed by atoms with Crippen LogP contribution in [0.1, 0.15) is 335 Å². The van der Waals surface area contributed by atoms with Gasteiger partial charge in [-0.05, 0) is 32.1 Å². The average Bonchev–Trinajstić information content (AvgIpc) is 3.32. The van der Waals surface area contributed by atoms with E-state index in [4.69, 9.17) is 4.74 Å². The summed E-state index contributed by atoms with van der Waals surface area (Å²) in [6.07, 6.45) is 66.8. The van der Waals surface area contributed by atoms with Crippen molar-refractivity contribution in [3.63, 3.8) is 0 Å². The molecule has 0 aliphatic heterocycles. The third-order valence-electron chi connectivity index (χ3n) is 14.1. The molecule has 0 aliphatic rings. The van der Waals surface area contributed by atoms with E-state index in [1.54, 1.807) is 6.08 Å². The predicted molar refractivity (Wildman–Crippen MR) is 287 cm³/mol. The van der Waals surface area contributed by atoms with Crippen LogP contribution >= 0.6 is 0 Å². The molecule has 0 aromatic heterocycles. The van der Waals surface area contributed by atoms with E-state index in [9.17, 15) is 19.8 Å². The van der Waals surface area contributed by atoms with Gasteiger partial charge in [0.05, 0.1) is 25.4 Å². The third-order valence-corrected chi connectivity index (χ3v) is 14.1. The van der Waals surface area contributed by atoms with Crippen molar-refractivity contribution in [2.24, 2.45) is 0 Å². The summed E-state index contributed by atoms with van der Waals surface area (Å²) in [5, 5.41) is 23.0. The number of ether oxygens (including phenoxy) is 1. The maximum absolute atomic E-state index is 12.4. The number of hydrogen-bond donors (Lipinski definition) is 3. The molecule has 0 aromatic rings. The maximum atomic E-state index is 12.4. The summed E-state index contributed by atoms with van der Waals surface area (Å²) >= 11 is 0. The quantitative estimate of drug-likeness (QED) is 0.0321. The van der Waals surface area contributed by atoms with Crippen LogP contribution in [-0.2, 0) is 14.3 Å². The van der Waals surface area contributed by atoms with E-state index in [0.717, 1.165) is 38.5 Å². The highest BCUT2D eigenvalue weighted by molar-refractivity contribution is 5.76. The van der Waals surface area contributed by atoms with Crippen molar-refractivity contribution in [2.45, 2.75) is 347 Å². The van der Waals surface area contributed by atoms with Crippen molar-refractivity contribution in [2.75, 3.05) is 13.2 Å². The van der Waals surface area contributed by atoms with E-state index in [-0.39, 0.29) is 18.5 Å². The molecule has 0 fully saturated rings. The van der Waals surface area contributed by atoms with Crippen LogP contribution in [0, 0.1) is 0 Å². The van der Waals surface area contributed by atoms with Crippen molar-refractivity contribution < 1.29 is 24.5 Å². The number of allylic oxidation sites excluding steroid dienone is 1. The summed E-state index contributed by atoms with van der Waals surface area (Å²) in [5.41, 5.74) is 0. The van der Waals surface area contributed by atoms with Crippen molar-refractivity contribution in [1.82, 2.24) is 5.32 Å². The van der Waals surface area contributed by atoms with Gasteiger partial charge in [0.1, 0.15) is 0 Å². The van der Waals surface area contributed by atoms with Gasteiger partial charge in [-0.25, -0.2) is 0 Å². The fourth-order valence-corrected chi connectivity index (χ4v) is 9.46. The summed E-state index contributed by atoms with van der Waals surface area (Å²) in [7, 11) is 0. The first kappa shape index (κ1) is 64.6. The number of aliphatic hydroxyl groups excluding tert-OH is 2. The van der Waals surface area contributed by atoms with Gasteiger partial charge < -0.3 is 20.3 Å². The largest absolute Gasteiger partial charge is 0.466 e. The predicted octanol–water partition coefficient (Wildman–Crippen LogP) is 18.5. The molecule has 3 N–H and O–H groups in total. The average molecular weight is 933 g/mol. The van der Waals surface area contributed by atoms with E-state index < -0.39 is 12.1 Å². The number of unbranched alkanes of at least 4 members (excludes halogenated alkanes) is 45. The Morgan fingerprint density at radius 3 is 1.03 bits per heavy atom. The zero-order chi connectivity index (χ0) is 47.9. The summed E-state index contributed by atoms with van der Waals surface area (Å²) in [6, 6.07) is -0.623. The fraction of sp³-hybridized carbons (Fsp3) is 0.933. The van der Waals surface area contributed by atoms with Crippen LogP contribution < -0.4 is 5.32 Å². The summed E-state index contributed by atoms with van der Waals surface area (Å²) < 4.78 is 5.47. The highest BCUT2D eigenvalue weighted by atomic mass is 16.5. The molecule has 0 saturated heterocycles. The lowest BCUT2D eigenvalue weighted by molar-refractivity contribution is -0.143. The second-order valence-corrected chi connectivity index (χ2v) is 20.7. The molecule has 2 unspecified atom stereocenters. The summed E-state index contributed by atoms with van der Waals surface area (Å²) in [5.74, 6) is -0.0478. The van der Waals surface area contributed by atoms with Gasteiger partial charge in [-0.1, -0.05) is 302 Å². The van der Waals surface area contributed by atoms with Gasteiger partial charge in [-0.3, -0.25) is 9.59 Å². The molecule has 0 aromatic carbocycles. The van der Waals surface area contributed by atoms with Crippen molar-refractivity contribution >= 4 is 11.9 Å². The lowest BCUT2D eigenvalue weighted by Gasteiger charge is -2.20. The van der Waals surface area contributed by atoms with E-state index >= 15 is 0 Å². The lowest BCUT2D eigenvalue weighted by atomic mass is 10.0. The molecule has 1 amide bonds. The Labute approximate surface area is 412 Å². The second kappa shape index (κ2) is 56.2. The van der Waals surface area contributed by atoms with E-state index in [1.807, 2.05) is 6.08 Å². The van der Waals surface area contributed by atoms with Crippen LogP contribution in [-0.4, -0.2) is 47.4 Å².